The summed E-state index contributed by atoms with van der Waals surface area (Å²) in [6, 6.07) is 11.7. The lowest BCUT2D eigenvalue weighted by Gasteiger charge is -2.35. The number of rotatable bonds is 4. The molecule has 9 heteroatoms. The van der Waals surface area contributed by atoms with Crippen molar-refractivity contribution in [2.45, 2.75) is 0 Å². The molecule has 4 heterocycles. The van der Waals surface area contributed by atoms with Gasteiger partial charge in [-0.25, -0.2) is 4.98 Å². The van der Waals surface area contributed by atoms with Crippen LogP contribution in [0.2, 0.25) is 0 Å². The fourth-order valence-electron chi connectivity index (χ4n) is 3.43. The summed E-state index contributed by atoms with van der Waals surface area (Å²) in [5.74, 6) is 3.75. The highest BCUT2D eigenvalue weighted by molar-refractivity contribution is 5.61. The van der Waals surface area contributed by atoms with Crippen LogP contribution in [0.5, 0.6) is 11.5 Å². The monoisotopic (exact) mass is 391 g/mol. The lowest BCUT2D eigenvalue weighted by Crippen LogP contribution is -2.47. The zero-order valence-electron chi connectivity index (χ0n) is 15.9. The van der Waals surface area contributed by atoms with Gasteiger partial charge in [0, 0.05) is 44.1 Å². The molecule has 0 aliphatic carbocycles. The van der Waals surface area contributed by atoms with Gasteiger partial charge in [0.25, 0.3) is 0 Å². The second-order valence-corrected chi connectivity index (χ2v) is 6.79. The number of nitrogens with zero attached hydrogens (tertiary/aromatic N) is 6. The van der Waals surface area contributed by atoms with Crippen LogP contribution in [0, 0.1) is 0 Å². The van der Waals surface area contributed by atoms with Crippen LogP contribution in [0.3, 0.4) is 0 Å². The molecule has 1 aromatic carbocycles. The third kappa shape index (κ3) is 3.84. The lowest BCUT2D eigenvalue weighted by molar-refractivity contribution is 0.171. The molecule has 29 heavy (non-hydrogen) atoms. The van der Waals surface area contributed by atoms with Gasteiger partial charge in [-0.3, -0.25) is 0 Å². The van der Waals surface area contributed by atoms with Crippen LogP contribution in [0.25, 0.3) is 0 Å². The zero-order valence-corrected chi connectivity index (χ0v) is 15.9. The molecular formula is C20H21N7O2. The summed E-state index contributed by atoms with van der Waals surface area (Å²) in [5.41, 5.74) is 0.862. The van der Waals surface area contributed by atoms with Gasteiger partial charge in [-0.1, -0.05) is 6.07 Å². The molecule has 0 atom stereocenters. The third-order valence-corrected chi connectivity index (χ3v) is 4.90. The molecule has 0 unspecified atom stereocenters. The molecule has 1 N–H and O–H groups in total. The topological polar surface area (TPSA) is 88.5 Å². The molecule has 1 fully saturated rings. The van der Waals surface area contributed by atoms with Gasteiger partial charge in [-0.05, 0) is 24.3 Å². The number of anilines is 4. The molecule has 1 saturated heterocycles. The minimum absolute atomic E-state index is 0.556. The average molecular weight is 391 g/mol. The smallest absolute Gasteiger partial charge is 0.247 e. The zero-order chi connectivity index (χ0) is 19.5. The molecule has 2 aliphatic heterocycles. The van der Waals surface area contributed by atoms with Gasteiger partial charge in [0.2, 0.25) is 5.95 Å². The minimum atomic E-state index is 0.556. The van der Waals surface area contributed by atoms with Crippen molar-refractivity contribution in [2.24, 2.45) is 0 Å². The van der Waals surface area contributed by atoms with Crippen LogP contribution in [-0.4, -0.2) is 59.6 Å². The Balaban J connectivity index is 1.26. The maximum absolute atomic E-state index is 5.64. The molecule has 5 rings (SSSR count). The summed E-state index contributed by atoms with van der Waals surface area (Å²) < 4.78 is 11.2. The van der Waals surface area contributed by atoms with Crippen LogP contribution in [0.15, 0.2) is 48.8 Å². The lowest BCUT2D eigenvalue weighted by atomic mass is 10.2. The summed E-state index contributed by atoms with van der Waals surface area (Å²) in [7, 11) is 0. The minimum Gasteiger partial charge on any atom is -0.486 e. The highest BCUT2D eigenvalue weighted by atomic mass is 16.6. The number of ether oxygens (including phenoxy) is 2. The third-order valence-electron chi connectivity index (χ3n) is 4.90. The van der Waals surface area contributed by atoms with Gasteiger partial charge in [0.15, 0.2) is 17.3 Å². The van der Waals surface area contributed by atoms with Crippen LogP contribution in [0.4, 0.5) is 23.3 Å². The van der Waals surface area contributed by atoms with Crippen molar-refractivity contribution in [2.75, 3.05) is 54.5 Å². The molecule has 2 aromatic heterocycles. The maximum Gasteiger partial charge on any atom is 0.247 e. The first-order chi connectivity index (χ1) is 14.3. The summed E-state index contributed by atoms with van der Waals surface area (Å²) in [6.07, 6.45) is 3.44. The molecule has 0 bridgehead atoms. The van der Waals surface area contributed by atoms with E-state index in [0.717, 1.165) is 49.2 Å². The van der Waals surface area contributed by atoms with E-state index in [4.69, 9.17) is 9.47 Å². The average Bonchev–Trinajstić information content (AvgIpc) is 2.80. The van der Waals surface area contributed by atoms with E-state index in [1.165, 1.54) is 0 Å². The van der Waals surface area contributed by atoms with Gasteiger partial charge in [-0.15, -0.1) is 5.10 Å². The van der Waals surface area contributed by atoms with E-state index in [2.05, 4.69) is 35.3 Å². The van der Waals surface area contributed by atoms with Gasteiger partial charge in [0.1, 0.15) is 19.0 Å². The van der Waals surface area contributed by atoms with Crippen molar-refractivity contribution >= 4 is 23.3 Å². The first kappa shape index (κ1) is 17.5. The summed E-state index contributed by atoms with van der Waals surface area (Å²) >= 11 is 0. The first-order valence-electron chi connectivity index (χ1n) is 9.62. The molecule has 148 valence electrons. The number of hydrogen-bond acceptors (Lipinski definition) is 9. The van der Waals surface area contributed by atoms with E-state index >= 15 is 0 Å². The predicted molar refractivity (Wildman–Crippen MR) is 109 cm³/mol. The van der Waals surface area contributed by atoms with Crippen molar-refractivity contribution in [3.63, 3.8) is 0 Å². The van der Waals surface area contributed by atoms with E-state index in [1.807, 2.05) is 42.6 Å². The molecule has 2 aliphatic rings. The van der Waals surface area contributed by atoms with E-state index < -0.39 is 0 Å². The molecule has 0 radical (unpaired) electrons. The number of fused-ring (bicyclic) bond motifs is 1. The number of piperazine rings is 1. The van der Waals surface area contributed by atoms with Crippen LogP contribution in [0.1, 0.15) is 0 Å². The van der Waals surface area contributed by atoms with E-state index in [0.29, 0.717) is 25.0 Å². The number of hydrogen-bond donors (Lipinski definition) is 1. The quantitative estimate of drug-likeness (QED) is 0.718. The highest BCUT2D eigenvalue weighted by Gasteiger charge is 2.20. The number of pyridine rings is 1. The Morgan fingerprint density at radius 2 is 1.72 bits per heavy atom. The van der Waals surface area contributed by atoms with Crippen molar-refractivity contribution in [3.8, 4) is 11.5 Å². The second kappa shape index (κ2) is 7.78. The van der Waals surface area contributed by atoms with Crippen molar-refractivity contribution in [1.29, 1.82) is 0 Å². The summed E-state index contributed by atoms with van der Waals surface area (Å²) in [4.78, 5) is 13.5. The molecular weight excluding hydrogens is 370 g/mol. The number of aromatic nitrogens is 4. The Labute approximate surface area is 168 Å². The van der Waals surface area contributed by atoms with Crippen molar-refractivity contribution in [1.82, 2.24) is 20.2 Å². The number of nitrogens with one attached hydrogen (secondary N) is 1. The van der Waals surface area contributed by atoms with Gasteiger partial charge >= 0.3 is 0 Å². The van der Waals surface area contributed by atoms with Crippen molar-refractivity contribution < 1.29 is 9.47 Å². The molecule has 0 saturated carbocycles. The summed E-state index contributed by atoms with van der Waals surface area (Å²) in [5, 5.41) is 11.6. The Kier molecular flexibility index (Phi) is 4.69. The van der Waals surface area contributed by atoms with Crippen LogP contribution in [-0.2, 0) is 0 Å². The van der Waals surface area contributed by atoms with Gasteiger partial charge in [0.05, 0.1) is 6.20 Å². The Morgan fingerprint density at radius 1 is 0.897 bits per heavy atom. The molecule has 9 nitrogen and oxygen atoms in total. The Hall–Kier alpha value is -3.62. The Morgan fingerprint density at radius 3 is 2.55 bits per heavy atom. The van der Waals surface area contributed by atoms with Crippen LogP contribution >= 0.6 is 0 Å². The van der Waals surface area contributed by atoms with E-state index in [-0.39, 0.29) is 0 Å². The number of benzene rings is 1. The van der Waals surface area contributed by atoms with Crippen LogP contribution < -0.4 is 24.6 Å². The fraction of sp³-hybridized carbons (Fsp3) is 0.300. The molecule has 0 amide bonds. The maximum atomic E-state index is 5.64. The standard InChI is InChI=1S/C20H21N7O2/c1-2-6-21-19(3-1)26-7-9-27(10-8-26)20-24-18(14-22-25-20)23-15-4-5-16-17(13-15)29-12-11-28-16/h1-6,13-14H,7-12H2,(H,23,24,25). The second-order valence-electron chi connectivity index (χ2n) is 6.79. The van der Waals surface area contributed by atoms with E-state index in [9.17, 15) is 0 Å². The van der Waals surface area contributed by atoms with Gasteiger partial charge in [-0.2, -0.15) is 10.1 Å². The Bertz CT molecular complexity index is 978. The fourth-order valence-corrected chi connectivity index (χ4v) is 3.43. The largest absolute Gasteiger partial charge is 0.486 e. The molecule has 3 aromatic rings. The normalized spacial score (nSPS) is 15.9. The van der Waals surface area contributed by atoms with Crippen molar-refractivity contribution in [3.05, 3.63) is 48.8 Å². The molecule has 0 spiro atoms. The highest BCUT2D eigenvalue weighted by Crippen LogP contribution is 2.33. The van der Waals surface area contributed by atoms with Gasteiger partial charge < -0.3 is 24.6 Å². The first-order valence-corrected chi connectivity index (χ1v) is 9.62. The van der Waals surface area contributed by atoms with E-state index in [1.54, 1.807) is 6.20 Å². The predicted octanol–water partition coefficient (Wildman–Crippen LogP) is 2.11. The SMILES string of the molecule is c1ccc(N2CCN(c3nncc(Nc4ccc5c(c4)OCCO5)n3)CC2)nc1. The summed E-state index contributed by atoms with van der Waals surface area (Å²) in [6.45, 7) is 4.48.